The molecule has 0 radical (unpaired) electrons. The first-order valence-electron chi connectivity index (χ1n) is 5.50. The van der Waals surface area contributed by atoms with E-state index in [0.717, 1.165) is 5.56 Å². The molecule has 0 aromatic heterocycles. The van der Waals surface area contributed by atoms with E-state index in [0.29, 0.717) is 32.0 Å². The molecular formula is C11H16N2O3S. The van der Waals surface area contributed by atoms with Crippen molar-refractivity contribution in [2.24, 2.45) is 0 Å². The predicted molar refractivity (Wildman–Crippen MR) is 66.1 cm³/mol. The van der Waals surface area contributed by atoms with E-state index in [4.69, 9.17) is 4.74 Å². The van der Waals surface area contributed by atoms with Crippen molar-refractivity contribution >= 4 is 15.9 Å². The molecule has 1 aromatic rings. The number of nitrogens with one attached hydrogen (secondary N) is 1. The maximum absolute atomic E-state index is 12.0. The molecule has 1 saturated heterocycles. The molecule has 0 atom stereocenters. The monoisotopic (exact) mass is 256 g/mol. The molecule has 17 heavy (non-hydrogen) atoms. The third-order valence-electron chi connectivity index (χ3n) is 2.57. The second kappa shape index (κ2) is 5.03. The lowest BCUT2D eigenvalue weighted by Crippen LogP contribution is -2.43. The Morgan fingerprint density at radius 3 is 2.65 bits per heavy atom. The number of nitrogens with zero attached hydrogens (tertiary/aromatic N) is 1. The Kier molecular flexibility index (Phi) is 3.66. The minimum Gasteiger partial charge on any atom is -0.379 e. The van der Waals surface area contributed by atoms with Crippen LogP contribution in [-0.2, 0) is 14.9 Å². The Labute approximate surface area is 102 Å². The quantitative estimate of drug-likeness (QED) is 0.877. The van der Waals surface area contributed by atoms with Gasteiger partial charge in [-0.3, -0.25) is 4.72 Å². The molecular weight excluding hydrogens is 240 g/mol. The first kappa shape index (κ1) is 12.3. The summed E-state index contributed by atoms with van der Waals surface area (Å²) >= 11 is 0. The fourth-order valence-corrected chi connectivity index (χ4v) is 2.89. The van der Waals surface area contributed by atoms with Gasteiger partial charge in [0.05, 0.1) is 18.9 Å². The lowest BCUT2D eigenvalue weighted by Gasteiger charge is -2.26. The molecule has 1 N–H and O–H groups in total. The Morgan fingerprint density at radius 1 is 1.29 bits per heavy atom. The van der Waals surface area contributed by atoms with Crippen LogP contribution in [0.25, 0.3) is 0 Å². The van der Waals surface area contributed by atoms with Crippen LogP contribution in [-0.4, -0.2) is 39.0 Å². The summed E-state index contributed by atoms with van der Waals surface area (Å²) in [7, 11) is -3.45. The molecule has 0 bridgehead atoms. The highest BCUT2D eigenvalue weighted by atomic mass is 32.2. The van der Waals surface area contributed by atoms with Crippen molar-refractivity contribution in [3.8, 4) is 0 Å². The third-order valence-corrected chi connectivity index (χ3v) is 4.11. The highest BCUT2D eigenvalue weighted by Crippen LogP contribution is 2.14. The van der Waals surface area contributed by atoms with Crippen LogP contribution in [0.3, 0.4) is 0 Å². The average molecular weight is 256 g/mol. The Hall–Kier alpha value is -1.11. The molecule has 1 aliphatic rings. The van der Waals surface area contributed by atoms with Crippen LogP contribution in [0.15, 0.2) is 24.3 Å². The molecule has 0 saturated carbocycles. The molecule has 1 aliphatic heterocycles. The maximum Gasteiger partial charge on any atom is 0.301 e. The van der Waals surface area contributed by atoms with Crippen LogP contribution < -0.4 is 4.72 Å². The predicted octanol–water partition coefficient (Wildman–Crippen LogP) is 0.984. The molecule has 2 rings (SSSR count). The van der Waals surface area contributed by atoms with Gasteiger partial charge in [-0.25, -0.2) is 0 Å². The number of rotatable bonds is 3. The zero-order valence-electron chi connectivity index (χ0n) is 9.72. The largest absolute Gasteiger partial charge is 0.379 e. The van der Waals surface area contributed by atoms with Gasteiger partial charge in [0.2, 0.25) is 0 Å². The Morgan fingerprint density at radius 2 is 2.00 bits per heavy atom. The number of aryl methyl sites for hydroxylation is 1. The van der Waals surface area contributed by atoms with E-state index in [1.54, 1.807) is 12.1 Å². The van der Waals surface area contributed by atoms with Gasteiger partial charge in [0.15, 0.2) is 0 Å². The van der Waals surface area contributed by atoms with Gasteiger partial charge in [-0.1, -0.05) is 12.1 Å². The molecule has 0 amide bonds. The van der Waals surface area contributed by atoms with Crippen molar-refractivity contribution in [3.63, 3.8) is 0 Å². The summed E-state index contributed by atoms with van der Waals surface area (Å²) in [4.78, 5) is 0. The summed E-state index contributed by atoms with van der Waals surface area (Å²) in [5.74, 6) is 0. The third kappa shape index (κ3) is 3.18. The normalized spacial score (nSPS) is 17.9. The summed E-state index contributed by atoms with van der Waals surface area (Å²) in [6, 6.07) is 7.29. The first-order chi connectivity index (χ1) is 8.08. The molecule has 6 heteroatoms. The second-order valence-electron chi connectivity index (χ2n) is 3.99. The zero-order valence-corrected chi connectivity index (χ0v) is 10.5. The summed E-state index contributed by atoms with van der Waals surface area (Å²) in [5, 5.41) is 0. The Balaban J connectivity index is 2.11. The van der Waals surface area contributed by atoms with E-state index in [9.17, 15) is 8.42 Å². The van der Waals surface area contributed by atoms with E-state index < -0.39 is 10.2 Å². The van der Waals surface area contributed by atoms with Gasteiger partial charge in [0, 0.05) is 13.1 Å². The molecule has 0 unspecified atom stereocenters. The SMILES string of the molecule is Cc1cccc(NS(=O)(=O)N2CCOCC2)c1. The van der Waals surface area contributed by atoms with E-state index >= 15 is 0 Å². The van der Waals surface area contributed by atoms with Gasteiger partial charge in [0.1, 0.15) is 0 Å². The van der Waals surface area contributed by atoms with Crippen LogP contribution in [0.1, 0.15) is 5.56 Å². The van der Waals surface area contributed by atoms with Gasteiger partial charge < -0.3 is 4.74 Å². The highest BCUT2D eigenvalue weighted by Gasteiger charge is 2.23. The summed E-state index contributed by atoms with van der Waals surface area (Å²) in [6.07, 6.45) is 0. The van der Waals surface area contributed by atoms with Gasteiger partial charge in [0.25, 0.3) is 0 Å². The van der Waals surface area contributed by atoms with E-state index in [-0.39, 0.29) is 0 Å². The van der Waals surface area contributed by atoms with E-state index in [1.165, 1.54) is 4.31 Å². The standard InChI is InChI=1S/C11H16N2O3S/c1-10-3-2-4-11(9-10)12-17(14,15)13-5-7-16-8-6-13/h2-4,9,12H,5-8H2,1H3. The van der Waals surface area contributed by atoms with Gasteiger partial charge in [-0.15, -0.1) is 0 Å². The minimum absolute atomic E-state index is 0.404. The molecule has 1 aromatic carbocycles. The number of hydrogen-bond acceptors (Lipinski definition) is 3. The number of ether oxygens (including phenoxy) is 1. The second-order valence-corrected chi connectivity index (χ2v) is 5.66. The molecule has 0 spiro atoms. The number of hydrogen-bond donors (Lipinski definition) is 1. The van der Waals surface area contributed by atoms with Crippen molar-refractivity contribution in [3.05, 3.63) is 29.8 Å². The lowest BCUT2D eigenvalue weighted by molar-refractivity contribution is 0.0733. The topological polar surface area (TPSA) is 58.6 Å². The lowest BCUT2D eigenvalue weighted by atomic mass is 10.2. The van der Waals surface area contributed by atoms with Gasteiger partial charge in [-0.2, -0.15) is 12.7 Å². The van der Waals surface area contributed by atoms with Gasteiger partial charge >= 0.3 is 10.2 Å². The van der Waals surface area contributed by atoms with Crippen molar-refractivity contribution in [2.45, 2.75) is 6.92 Å². The number of benzene rings is 1. The molecule has 1 fully saturated rings. The molecule has 5 nitrogen and oxygen atoms in total. The molecule has 0 aliphatic carbocycles. The summed E-state index contributed by atoms with van der Waals surface area (Å²) in [5.41, 5.74) is 1.61. The van der Waals surface area contributed by atoms with E-state index in [1.807, 2.05) is 19.1 Å². The fourth-order valence-electron chi connectivity index (χ4n) is 1.71. The molecule has 1 heterocycles. The van der Waals surface area contributed by atoms with Crippen molar-refractivity contribution in [1.82, 2.24) is 4.31 Å². The average Bonchev–Trinajstić information content (AvgIpc) is 2.29. The minimum atomic E-state index is -3.45. The van der Waals surface area contributed by atoms with Crippen LogP contribution in [0.2, 0.25) is 0 Å². The van der Waals surface area contributed by atoms with E-state index in [2.05, 4.69) is 4.72 Å². The summed E-state index contributed by atoms with van der Waals surface area (Å²) < 4.78 is 33.2. The first-order valence-corrected chi connectivity index (χ1v) is 6.94. The number of morpholine rings is 1. The fraction of sp³-hybridized carbons (Fsp3) is 0.455. The van der Waals surface area contributed by atoms with Gasteiger partial charge in [-0.05, 0) is 24.6 Å². The van der Waals surface area contributed by atoms with Crippen molar-refractivity contribution in [1.29, 1.82) is 0 Å². The van der Waals surface area contributed by atoms with Crippen LogP contribution in [0.4, 0.5) is 5.69 Å². The van der Waals surface area contributed by atoms with Crippen molar-refractivity contribution in [2.75, 3.05) is 31.0 Å². The maximum atomic E-state index is 12.0. The highest BCUT2D eigenvalue weighted by molar-refractivity contribution is 7.90. The molecule has 94 valence electrons. The Bertz CT molecular complexity index is 481. The number of anilines is 1. The van der Waals surface area contributed by atoms with Crippen LogP contribution in [0, 0.1) is 6.92 Å². The van der Waals surface area contributed by atoms with Crippen LogP contribution in [0.5, 0.6) is 0 Å². The van der Waals surface area contributed by atoms with Crippen LogP contribution >= 0.6 is 0 Å². The smallest absolute Gasteiger partial charge is 0.301 e. The summed E-state index contributed by atoms with van der Waals surface area (Å²) in [6.45, 7) is 3.64. The zero-order chi connectivity index (χ0) is 12.3. The van der Waals surface area contributed by atoms with Crippen molar-refractivity contribution < 1.29 is 13.2 Å².